The summed E-state index contributed by atoms with van der Waals surface area (Å²) < 4.78 is 53.3. The molecule has 212 valence electrons. The molecule has 1 fully saturated rings. The largest absolute Gasteiger partial charge is 0.478 e. The number of aromatic nitrogens is 2. The molecule has 1 amide bonds. The summed E-state index contributed by atoms with van der Waals surface area (Å²) in [5, 5.41) is 9.93. The molecular formula is C27H26BrF3N4O5. The number of carboxylic acid groups (broad SMARTS) is 1. The van der Waals surface area contributed by atoms with Gasteiger partial charge in [0.25, 0.3) is 5.91 Å². The number of carbonyl (C=O) groups is 2. The van der Waals surface area contributed by atoms with Crippen molar-refractivity contribution in [2.24, 2.45) is 0 Å². The number of carbonyl (C=O) groups excluding carboxylic acids is 1. The first-order valence-corrected chi connectivity index (χ1v) is 13.1. The van der Waals surface area contributed by atoms with E-state index in [1.807, 2.05) is 4.90 Å². The van der Waals surface area contributed by atoms with Crippen LogP contribution in [0, 0.1) is 0 Å². The summed E-state index contributed by atoms with van der Waals surface area (Å²) in [5.41, 5.74) is -0.941. The van der Waals surface area contributed by atoms with Crippen molar-refractivity contribution < 1.29 is 37.3 Å². The van der Waals surface area contributed by atoms with Crippen LogP contribution >= 0.6 is 15.9 Å². The highest BCUT2D eigenvalue weighted by Crippen LogP contribution is 2.38. The van der Waals surface area contributed by atoms with Gasteiger partial charge < -0.3 is 19.5 Å². The summed E-state index contributed by atoms with van der Waals surface area (Å²) in [4.78, 5) is 36.7. The highest BCUT2D eigenvalue weighted by atomic mass is 79.9. The molecule has 1 aromatic carbocycles. The van der Waals surface area contributed by atoms with Crippen LogP contribution in [0.15, 0.2) is 53.3 Å². The Labute approximate surface area is 236 Å². The van der Waals surface area contributed by atoms with E-state index in [1.165, 1.54) is 35.5 Å². The predicted molar refractivity (Wildman–Crippen MR) is 143 cm³/mol. The molecule has 0 bridgehead atoms. The van der Waals surface area contributed by atoms with Crippen molar-refractivity contribution in [2.75, 3.05) is 31.2 Å². The van der Waals surface area contributed by atoms with Gasteiger partial charge in [-0.15, -0.1) is 0 Å². The summed E-state index contributed by atoms with van der Waals surface area (Å²) in [6, 6.07) is 7.31. The molecule has 0 saturated carbocycles. The maximum atomic E-state index is 14.0. The van der Waals surface area contributed by atoms with Crippen molar-refractivity contribution in [1.29, 1.82) is 0 Å². The van der Waals surface area contributed by atoms with Gasteiger partial charge in [-0.3, -0.25) is 9.69 Å². The van der Waals surface area contributed by atoms with E-state index >= 15 is 0 Å². The second-order valence-corrected chi connectivity index (χ2v) is 10.2. The number of halogens is 4. The van der Waals surface area contributed by atoms with E-state index in [2.05, 4.69) is 25.9 Å². The van der Waals surface area contributed by atoms with Crippen LogP contribution < -0.4 is 9.64 Å². The molecule has 9 nitrogen and oxygen atoms in total. The van der Waals surface area contributed by atoms with Crippen molar-refractivity contribution in [2.45, 2.75) is 32.6 Å². The van der Waals surface area contributed by atoms with E-state index in [-0.39, 0.29) is 29.2 Å². The minimum Gasteiger partial charge on any atom is -0.478 e. The Morgan fingerprint density at radius 1 is 1.12 bits per heavy atom. The van der Waals surface area contributed by atoms with Crippen LogP contribution in [0.2, 0.25) is 0 Å². The van der Waals surface area contributed by atoms with Crippen LogP contribution in [-0.4, -0.2) is 64.2 Å². The van der Waals surface area contributed by atoms with Crippen LogP contribution in [0.4, 0.5) is 18.9 Å². The normalized spacial score (nSPS) is 14.3. The third-order valence-corrected chi connectivity index (χ3v) is 6.55. The zero-order valence-electron chi connectivity index (χ0n) is 21.6. The second kappa shape index (κ2) is 12.3. The lowest BCUT2D eigenvalue weighted by molar-refractivity contribution is -0.139. The van der Waals surface area contributed by atoms with Gasteiger partial charge >= 0.3 is 12.1 Å². The molecule has 13 heteroatoms. The van der Waals surface area contributed by atoms with Gasteiger partial charge in [-0.2, -0.15) is 13.2 Å². The van der Waals surface area contributed by atoms with Gasteiger partial charge in [0.1, 0.15) is 17.0 Å². The van der Waals surface area contributed by atoms with Gasteiger partial charge in [-0.1, -0.05) is 0 Å². The van der Waals surface area contributed by atoms with E-state index in [1.54, 1.807) is 19.9 Å². The predicted octanol–water partition coefficient (Wildman–Crippen LogP) is 5.64. The Hall–Kier alpha value is -3.55. The molecule has 1 saturated heterocycles. The Morgan fingerprint density at radius 3 is 2.45 bits per heavy atom. The lowest BCUT2D eigenvalue weighted by atomic mass is 10.1. The van der Waals surface area contributed by atoms with Crippen molar-refractivity contribution in [3.05, 3.63) is 75.6 Å². The molecule has 0 radical (unpaired) electrons. The molecule has 1 aliphatic heterocycles. The van der Waals surface area contributed by atoms with Crippen LogP contribution in [-0.2, 0) is 17.5 Å². The number of carboxylic acids is 1. The molecule has 4 rings (SSSR count). The van der Waals surface area contributed by atoms with Gasteiger partial charge in [0, 0.05) is 42.5 Å². The van der Waals surface area contributed by atoms with Gasteiger partial charge in [0.05, 0.1) is 24.5 Å². The van der Waals surface area contributed by atoms with Crippen molar-refractivity contribution in [1.82, 2.24) is 14.9 Å². The number of hydrogen-bond acceptors (Lipinski definition) is 7. The number of benzene rings is 1. The number of amides is 1. The first-order chi connectivity index (χ1) is 18.9. The van der Waals surface area contributed by atoms with E-state index in [4.69, 9.17) is 9.47 Å². The van der Waals surface area contributed by atoms with E-state index < -0.39 is 35.5 Å². The summed E-state index contributed by atoms with van der Waals surface area (Å²) in [5.74, 6) is -2.83. The lowest BCUT2D eigenvalue weighted by Crippen LogP contribution is -2.38. The topological polar surface area (TPSA) is 105 Å². The van der Waals surface area contributed by atoms with Crippen LogP contribution in [0.25, 0.3) is 0 Å². The number of pyridine rings is 2. The molecule has 0 aliphatic carbocycles. The fraction of sp³-hybridized carbons (Fsp3) is 0.333. The molecule has 1 aliphatic rings. The third kappa shape index (κ3) is 6.95. The minimum atomic E-state index is -4.77. The number of aromatic carboxylic acids is 1. The Morgan fingerprint density at radius 2 is 1.85 bits per heavy atom. The van der Waals surface area contributed by atoms with E-state index in [9.17, 15) is 27.9 Å². The molecule has 40 heavy (non-hydrogen) atoms. The number of alkyl halides is 3. The second-order valence-electron chi connectivity index (χ2n) is 9.30. The smallest absolute Gasteiger partial charge is 0.421 e. The summed E-state index contributed by atoms with van der Waals surface area (Å²) in [6.45, 7) is 5.86. The third-order valence-electron chi connectivity index (χ3n) is 6.08. The molecule has 0 unspecified atom stereocenters. The van der Waals surface area contributed by atoms with Gasteiger partial charge in [0.15, 0.2) is 0 Å². The first kappa shape index (κ1) is 29.4. The Bertz CT molecular complexity index is 1380. The SMILES string of the molecule is CC(C)N(C(=O)c1ccc(Br)cn1)c1ccc(Oc2ncc(CN3CCOCC3)cc2C(F)(F)F)cc1C(=O)O. The van der Waals surface area contributed by atoms with Crippen molar-refractivity contribution in [3.63, 3.8) is 0 Å². The Kier molecular flexibility index (Phi) is 9.06. The molecular weight excluding hydrogens is 597 g/mol. The standard InChI is InChI=1S/C27H26BrF3N4O5/c1-16(2)35(25(36)22-5-3-18(28)14-32-22)23-6-4-19(12-20(23)26(37)38)40-24-21(27(29,30)31)11-17(13-33-24)15-34-7-9-39-10-8-34/h3-6,11-14,16H,7-10,15H2,1-2H3,(H,37,38). The fourth-order valence-corrected chi connectivity index (χ4v) is 4.44. The number of morpholine rings is 1. The summed E-state index contributed by atoms with van der Waals surface area (Å²) >= 11 is 3.25. The number of rotatable bonds is 8. The summed E-state index contributed by atoms with van der Waals surface area (Å²) in [7, 11) is 0. The van der Waals surface area contributed by atoms with Crippen molar-refractivity contribution in [3.8, 4) is 11.6 Å². The number of ether oxygens (including phenoxy) is 2. The van der Waals surface area contributed by atoms with E-state index in [0.717, 1.165) is 12.1 Å². The summed E-state index contributed by atoms with van der Waals surface area (Å²) in [6.07, 6.45) is -2.02. The average Bonchev–Trinajstić information content (AvgIpc) is 2.90. The van der Waals surface area contributed by atoms with Crippen LogP contribution in [0.3, 0.4) is 0 Å². The highest BCUT2D eigenvalue weighted by Gasteiger charge is 2.36. The number of nitrogens with zero attached hydrogens (tertiary/aromatic N) is 4. The first-order valence-electron chi connectivity index (χ1n) is 12.3. The minimum absolute atomic E-state index is 0.0365. The van der Waals surface area contributed by atoms with Crippen LogP contribution in [0.1, 0.15) is 45.8 Å². The highest BCUT2D eigenvalue weighted by molar-refractivity contribution is 9.10. The molecule has 3 aromatic rings. The van der Waals surface area contributed by atoms with Gasteiger partial charge in [-0.25, -0.2) is 14.8 Å². The van der Waals surface area contributed by atoms with E-state index in [0.29, 0.717) is 36.3 Å². The molecule has 0 atom stereocenters. The zero-order valence-corrected chi connectivity index (χ0v) is 23.2. The van der Waals surface area contributed by atoms with Crippen molar-refractivity contribution >= 4 is 33.5 Å². The average molecular weight is 623 g/mol. The molecule has 0 spiro atoms. The molecule has 1 N–H and O–H groups in total. The molecule has 2 aromatic heterocycles. The molecule has 3 heterocycles. The monoisotopic (exact) mass is 622 g/mol. The fourth-order valence-electron chi connectivity index (χ4n) is 4.20. The van der Waals surface area contributed by atoms with Gasteiger partial charge in [-0.05, 0) is 71.7 Å². The zero-order chi connectivity index (χ0) is 29.0. The van der Waals surface area contributed by atoms with Gasteiger partial charge in [0.2, 0.25) is 5.88 Å². The number of anilines is 1. The lowest BCUT2D eigenvalue weighted by Gasteiger charge is -2.28. The Balaban J connectivity index is 1.66. The quantitative estimate of drug-likeness (QED) is 0.344. The maximum Gasteiger partial charge on any atom is 0.421 e. The number of hydrogen-bond donors (Lipinski definition) is 1. The maximum absolute atomic E-state index is 14.0. The van der Waals surface area contributed by atoms with Crippen LogP contribution in [0.5, 0.6) is 11.6 Å².